The third kappa shape index (κ3) is 4.67. The van der Waals surface area contributed by atoms with Gasteiger partial charge in [0, 0.05) is 26.2 Å². The predicted molar refractivity (Wildman–Crippen MR) is 107 cm³/mol. The van der Waals surface area contributed by atoms with Crippen molar-refractivity contribution in [2.24, 2.45) is 5.73 Å². The van der Waals surface area contributed by atoms with Crippen molar-refractivity contribution in [2.75, 3.05) is 13.1 Å². The smallest absolute Gasteiger partial charge is 0.127 e. The van der Waals surface area contributed by atoms with Gasteiger partial charge >= 0.3 is 0 Å². The Kier molecular flexibility index (Phi) is 5.37. The van der Waals surface area contributed by atoms with Crippen LogP contribution in [-0.4, -0.2) is 24.1 Å². The van der Waals surface area contributed by atoms with E-state index in [9.17, 15) is 0 Å². The summed E-state index contributed by atoms with van der Waals surface area (Å²) in [4.78, 5) is 2.38. The summed E-state index contributed by atoms with van der Waals surface area (Å²) in [6.07, 6.45) is 0.259. The number of hydrogen-bond donors (Lipinski definition) is 1. The molecule has 1 saturated heterocycles. The zero-order valence-electron chi connectivity index (χ0n) is 15.3. The predicted octanol–water partition coefficient (Wildman–Crippen LogP) is 4.20. The molecule has 3 aromatic rings. The molecule has 4 heteroatoms. The maximum absolute atomic E-state index is 6.00. The normalized spacial score (nSPS) is 14.6. The van der Waals surface area contributed by atoms with Gasteiger partial charge in [0.15, 0.2) is 0 Å². The van der Waals surface area contributed by atoms with Gasteiger partial charge in [-0.25, -0.2) is 0 Å². The van der Waals surface area contributed by atoms with Crippen LogP contribution in [0.25, 0.3) is 0 Å². The second kappa shape index (κ2) is 8.25. The van der Waals surface area contributed by atoms with E-state index >= 15 is 0 Å². The van der Waals surface area contributed by atoms with Crippen molar-refractivity contribution in [3.8, 4) is 17.2 Å². The number of likely N-dealkylation sites (tertiary alicyclic amines) is 1. The molecule has 0 bridgehead atoms. The van der Waals surface area contributed by atoms with Gasteiger partial charge < -0.3 is 15.2 Å². The van der Waals surface area contributed by atoms with Gasteiger partial charge in [-0.3, -0.25) is 4.90 Å². The molecule has 0 spiro atoms. The second-order valence-electron chi connectivity index (χ2n) is 6.84. The average Bonchev–Trinajstić information content (AvgIpc) is 2.69. The molecule has 1 aliphatic rings. The highest BCUT2D eigenvalue weighted by molar-refractivity contribution is 5.33. The van der Waals surface area contributed by atoms with Gasteiger partial charge in [-0.05, 0) is 47.5 Å². The zero-order valence-corrected chi connectivity index (χ0v) is 15.3. The maximum atomic E-state index is 6.00. The first-order valence-electron chi connectivity index (χ1n) is 9.28. The first-order valence-corrected chi connectivity index (χ1v) is 9.28. The SMILES string of the molecule is NCc1ccc(OC2CN(Cc3ccc(Oc4ccccc4)cc3)C2)cc1. The number of hydrogen-bond acceptors (Lipinski definition) is 4. The molecule has 1 fully saturated rings. The average molecular weight is 360 g/mol. The van der Waals surface area contributed by atoms with Crippen molar-refractivity contribution in [3.63, 3.8) is 0 Å². The van der Waals surface area contributed by atoms with E-state index in [4.69, 9.17) is 15.2 Å². The van der Waals surface area contributed by atoms with Crippen LogP contribution in [0.5, 0.6) is 17.2 Å². The van der Waals surface area contributed by atoms with Crippen LogP contribution in [0.3, 0.4) is 0 Å². The molecule has 0 atom stereocenters. The van der Waals surface area contributed by atoms with Crippen LogP contribution in [0.1, 0.15) is 11.1 Å². The quantitative estimate of drug-likeness (QED) is 0.686. The standard InChI is InChI=1S/C23H24N2O2/c24-14-18-6-10-22(11-7-18)27-23-16-25(17-23)15-19-8-12-21(13-9-19)26-20-4-2-1-3-5-20/h1-13,23H,14-17,24H2. The van der Waals surface area contributed by atoms with E-state index in [0.29, 0.717) is 6.54 Å². The molecule has 0 radical (unpaired) electrons. The molecule has 0 aromatic heterocycles. The summed E-state index contributed by atoms with van der Waals surface area (Å²) in [6.45, 7) is 3.38. The lowest BCUT2D eigenvalue weighted by molar-refractivity contribution is 0.0145. The van der Waals surface area contributed by atoms with Gasteiger partial charge in [-0.15, -0.1) is 0 Å². The Bertz CT molecular complexity index is 842. The molecular formula is C23H24N2O2. The maximum Gasteiger partial charge on any atom is 0.127 e. The number of para-hydroxylation sites is 1. The van der Waals surface area contributed by atoms with E-state index < -0.39 is 0 Å². The van der Waals surface area contributed by atoms with Crippen LogP contribution in [0.4, 0.5) is 0 Å². The molecule has 1 heterocycles. The minimum Gasteiger partial charge on any atom is -0.488 e. The minimum atomic E-state index is 0.259. The zero-order chi connectivity index (χ0) is 18.5. The van der Waals surface area contributed by atoms with Crippen molar-refractivity contribution in [2.45, 2.75) is 19.2 Å². The summed E-state index contributed by atoms with van der Waals surface area (Å²) in [5.41, 5.74) is 8.02. The monoisotopic (exact) mass is 360 g/mol. The number of ether oxygens (including phenoxy) is 2. The third-order valence-electron chi connectivity index (χ3n) is 4.69. The Morgan fingerprint density at radius 3 is 2.00 bits per heavy atom. The number of nitrogens with two attached hydrogens (primary N) is 1. The highest BCUT2D eigenvalue weighted by atomic mass is 16.5. The second-order valence-corrected chi connectivity index (χ2v) is 6.84. The Morgan fingerprint density at radius 1 is 0.741 bits per heavy atom. The van der Waals surface area contributed by atoms with Crippen LogP contribution < -0.4 is 15.2 Å². The minimum absolute atomic E-state index is 0.259. The van der Waals surface area contributed by atoms with Gasteiger partial charge in [0.1, 0.15) is 23.4 Å². The van der Waals surface area contributed by atoms with Crippen molar-refractivity contribution in [1.29, 1.82) is 0 Å². The van der Waals surface area contributed by atoms with E-state index in [1.54, 1.807) is 0 Å². The lowest BCUT2D eigenvalue weighted by atomic mass is 10.1. The molecule has 0 amide bonds. The molecule has 138 valence electrons. The van der Waals surface area contributed by atoms with Gasteiger partial charge in [0.2, 0.25) is 0 Å². The topological polar surface area (TPSA) is 47.7 Å². The molecule has 1 aliphatic heterocycles. The molecule has 4 nitrogen and oxygen atoms in total. The largest absolute Gasteiger partial charge is 0.488 e. The fourth-order valence-electron chi connectivity index (χ4n) is 3.17. The van der Waals surface area contributed by atoms with Gasteiger partial charge in [-0.1, -0.05) is 42.5 Å². The van der Waals surface area contributed by atoms with Crippen molar-refractivity contribution >= 4 is 0 Å². The van der Waals surface area contributed by atoms with Crippen LogP contribution in [0.2, 0.25) is 0 Å². The summed E-state index contributed by atoms with van der Waals surface area (Å²) in [6, 6.07) is 26.2. The molecule has 0 aliphatic carbocycles. The molecule has 27 heavy (non-hydrogen) atoms. The van der Waals surface area contributed by atoms with E-state index in [0.717, 1.165) is 42.4 Å². The fraction of sp³-hybridized carbons (Fsp3) is 0.217. The van der Waals surface area contributed by atoms with E-state index in [1.807, 2.05) is 66.7 Å². The molecular weight excluding hydrogens is 336 g/mol. The number of rotatable bonds is 7. The first-order chi connectivity index (χ1) is 13.3. The first kappa shape index (κ1) is 17.6. The van der Waals surface area contributed by atoms with E-state index in [2.05, 4.69) is 17.0 Å². The van der Waals surface area contributed by atoms with Crippen molar-refractivity contribution in [1.82, 2.24) is 4.90 Å². The van der Waals surface area contributed by atoms with Crippen LogP contribution in [0.15, 0.2) is 78.9 Å². The van der Waals surface area contributed by atoms with Gasteiger partial charge in [0.05, 0.1) is 0 Å². The van der Waals surface area contributed by atoms with Crippen LogP contribution >= 0.6 is 0 Å². The molecule has 0 unspecified atom stereocenters. The van der Waals surface area contributed by atoms with Crippen LogP contribution in [0, 0.1) is 0 Å². The van der Waals surface area contributed by atoms with E-state index in [1.165, 1.54) is 5.56 Å². The van der Waals surface area contributed by atoms with Crippen LogP contribution in [-0.2, 0) is 13.1 Å². The Hall–Kier alpha value is -2.82. The summed E-state index contributed by atoms with van der Waals surface area (Å²) in [5.74, 6) is 2.63. The Labute approximate surface area is 160 Å². The summed E-state index contributed by atoms with van der Waals surface area (Å²) >= 11 is 0. The Morgan fingerprint density at radius 2 is 1.33 bits per heavy atom. The molecule has 4 rings (SSSR count). The van der Waals surface area contributed by atoms with Gasteiger partial charge in [-0.2, -0.15) is 0 Å². The molecule has 0 saturated carbocycles. The summed E-state index contributed by atoms with van der Waals surface area (Å²) in [5, 5.41) is 0. The number of benzene rings is 3. The molecule has 2 N–H and O–H groups in total. The van der Waals surface area contributed by atoms with Crippen molar-refractivity contribution < 1.29 is 9.47 Å². The number of nitrogens with zero attached hydrogens (tertiary/aromatic N) is 1. The molecule has 3 aromatic carbocycles. The van der Waals surface area contributed by atoms with E-state index in [-0.39, 0.29) is 6.10 Å². The summed E-state index contributed by atoms with van der Waals surface area (Å²) in [7, 11) is 0. The highest BCUT2D eigenvalue weighted by Crippen LogP contribution is 2.23. The lowest BCUT2D eigenvalue weighted by Gasteiger charge is -2.39. The fourth-order valence-corrected chi connectivity index (χ4v) is 3.17. The third-order valence-corrected chi connectivity index (χ3v) is 4.69. The highest BCUT2D eigenvalue weighted by Gasteiger charge is 2.28. The van der Waals surface area contributed by atoms with Gasteiger partial charge in [0.25, 0.3) is 0 Å². The summed E-state index contributed by atoms with van der Waals surface area (Å²) < 4.78 is 11.8. The van der Waals surface area contributed by atoms with Crippen molar-refractivity contribution in [3.05, 3.63) is 90.0 Å². The Balaban J connectivity index is 1.23. The lowest BCUT2D eigenvalue weighted by Crippen LogP contribution is -2.53.